The van der Waals surface area contributed by atoms with Gasteiger partial charge in [0.1, 0.15) is 6.04 Å². The van der Waals surface area contributed by atoms with Crippen molar-refractivity contribution in [1.82, 2.24) is 0 Å². The summed E-state index contributed by atoms with van der Waals surface area (Å²) in [6.45, 7) is 0.678. The van der Waals surface area contributed by atoms with E-state index >= 15 is 0 Å². The van der Waals surface area contributed by atoms with Gasteiger partial charge in [-0.25, -0.2) is 0 Å². The third kappa shape index (κ3) is 2.47. The lowest BCUT2D eigenvalue weighted by Gasteiger charge is -2.28. The third-order valence-electron chi connectivity index (χ3n) is 4.76. The first-order chi connectivity index (χ1) is 11.6. The second-order valence-electron chi connectivity index (χ2n) is 6.16. The highest BCUT2D eigenvalue weighted by Crippen LogP contribution is 2.33. The molecule has 5 heteroatoms. The molecular weight excluding hydrogens is 324 g/mol. The summed E-state index contributed by atoms with van der Waals surface area (Å²) in [5.41, 5.74) is 2.89. The number of carbonyl (C=O) groups is 2. The summed E-state index contributed by atoms with van der Waals surface area (Å²) in [6.07, 6.45) is 1.82. The molecule has 122 valence electrons. The van der Waals surface area contributed by atoms with E-state index < -0.39 is 6.04 Å². The molecule has 0 aliphatic carbocycles. The normalized spacial score (nSPS) is 19.7. The number of fused-ring (bicyclic) bond motifs is 1. The molecule has 1 saturated heterocycles. The Balaban J connectivity index is 1.64. The SMILES string of the molecule is O=C(C1CCC(=O)N1c1ccc(Cl)cc1)N1CCc2ccccc21. The predicted octanol–water partition coefficient (Wildman–Crippen LogP) is 3.42. The number of halogens is 1. The van der Waals surface area contributed by atoms with E-state index in [2.05, 4.69) is 6.07 Å². The third-order valence-corrected chi connectivity index (χ3v) is 5.01. The Morgan fingerprint density at radius 3 is 2.58 bits per heavy atom. The van der Waals surface area contributed by atoms with E-state index in [1.807, 2.05) is 23.1 Å². The second-order valence-corrected chi connectivity index (χ2v) is 6.60. The van der Waals surface area contributed by atoms with Gasteiger partial charge in [0.15, 0.2) is 0 Å². The fourth-order valence-electron chi connectivity index (χ4n) is 3.59. The van der Waals surface area contributed by atoms with Crippen LogP contribution in [-0.4, -0.2) is 24.4 Å². The molecule has 2 amide bonds. The molecule has 2 aliphatic heterocycles. The van der Waals surface area contributed by atoms with Gasteiger partial charge in [-0.15, -0.1) is 0 Å². The number of hydrogen-bond acceptors (Lipinski definition) is 2. The van der Waals surface area contributed by atoms with Crippen molar-refractivity contribution in [3.63, 3.8) is 0 Å². The highest BCUT2D eigenvalue weighted by atomic mass is 35.5. The molecule has 2 heterocycles. The molecule has 4 rings (SSSR count). The zero-order valence-electron chi connectivity index (χ0n) is 13.1. The molecule has 4 nitrogen and oxygen atoms in total. The maximum Gasteiger partial charge on any atom is 0.250 e. The van der Waals surface area contributed by atoms with Crippen LogP contribution >= 0.6 is 11.6 Å². The van der Waals surface area contributed by atoms with Crippen molar-refractivity contribution in [1.29, 1.82) is 0 Å². The van der Waals surface area contributed by atoms with Crippen LogP contribution in [-0.2, 0) is 16.0 Å². The Labute approximate surface area is 145 Å². The molecule has 2 aromatic rings. The van der Waals surface area contributed by atoms with Crippen molar-refractivity contribution < 1.29 is 9.59 Å². The van der Waals surface area contributed by atoms with E-state index in [0.717, 1.165) is 17.8 Å². The van der Waals surface area contributed by atoms with Gasteiger partial charge in [0, 0.05) is 29.4 Å². The molecule has 0 spiro atoms. The summed E-state index contributed by atoms with van der Waals surface area (Å²) in [6, 6.07) is 14.6. The van der Waals surface area contributed by atoms with Crippen LogP contribution in [0.4, 0.5) is 11.4 Å². The summed E-state index contributed by atoms with van der Waals surface area (Å²) in [7, 11) is 0. The monoisotopic (exact) mass is 340 g/mol. The molecule has 1 fully saturated rings. The first-order valence-corrected chi connectivity index (χ1v) is 8.50. The maximum atomic E-state index is 13.1. The lowest BCUT2D eigenvalue weighted by Crippen LogP contribution is -2.46. The summed E-state index contributed by atoms with van der Waals surface area (Å²) in [4.78, 5) is 28.9. The molecule has 0 aromatic heterocycles. The Bertz CT molecular complexity index is 803. The van der Waals surface area contributed by atoms with Crippen molar-refractivity contribution in [3.05, 3.63) is 59.1 Å². The van der Waals surface area contributed by atoms with E-state index in [1.165, 1.54) is 5.56 Å². The van der Waals surface area contributed by atoms with E-state index in [9.17, 15) is 9.59 Å². The van der Waals surface area contributed by atoms with Gasteiger partial charge in [0.25, 0.3) is 0 Å². The largest absolute Gasteiger partial charge is 0.310 e. The van der Waals surface area contributed by atoms with E-state index in [4.69, 9.17) is 11.6 Å². The second kappa shape index (κ2) is 5.95. The summed E-state index contributed by atoms with van der Waals surface area (Å²) >= 11 is 5.93. The van der Waals surface area contributed by atoms with Gasteiger partial charge in [-0.1, -0.05) is 29.8 Å². The van der Waals surface area contributed by atoms with E-state index in [1.54, 1.807) is 29.2 Å². The van der Waals surface area contributed by atoms with Crippen LogP contribution in [0, 0.1) is 0 Å². The Hall–Kier alpha value is -2.33. The number of benzene rings is 2. The molecule has 24 heavy (non-hydrogen) atoms. The predicted molar refractivity (Wildman–Crippen MR) is 94.5 cm³/mol. The zero-order valence-corrected chi connectivity index (χ0v) is 13.9. The maximum absolute atomic E-state index is 13.1. The Morgan fingerprint density at radius 2 is 1.79 bits per heavy atom. The zero-order chi connectivity index (χ0) is 16.7. The summed E-state index contributed by atoms with van der Waals surface area (Å²) in [5.74, 6) is -0.0103. The first kappa shape index (κ1) is 15.2. The van der Waals surface area contributed by atoms with Crippen LogP contribution in [0.3, 0.4) is 0 Å². The van der Waals surface area contributed by atoms with Crippen molar-refractivity contribution >= 4 is 34.8 Å². The summed E-state index contributed by atoms with van der Waals surface area (Å²) in [5, 5.41) is 0.613. The number of anilines is 2. The van der Waals surface area contributed by atoms with Gasteiger partial charge in [-0.3, -0.25) is 14.5 Å². The van der Waals surface area contributed by atoms with Crippen LogP contribution < -0.4 is 9.80 Å². The molecule has 0 bridgehead atoms. The average Bonchev–Trinajstić information content (AvgIpc) is 3.19. The number of nitrogens with zero attached hydrogens (tertiary/aromatic N) is 2. The summed E-state index contributed by atoms with van der Waals surface area (Å²) < 4.78 is 0. The quantitative estimate of drug-likeness (QED) is 0.840. The van der Waals surface area contributed by atoms with Crippen molar-refractivity contribution in [3.8, 4) is 0 Å². The fourth-order valence-corrected chi connectivity index (χ4v) is 3.72. The minimum atomic E-state index is -0.440. The number of carbonyl (C=O) groups excluding carboxylic acids is 2. The number of rotatable bonds is 2. The van der Waals surface area contributed by atoms with Gasteiger partial charge < -0.3 is 4.90 Å². The molecule has 0 N–H and O–H groups in total. The minimum Gasteiger partial charge on any atom is -0.310 e. The van der Waals surface area contributed by atoms with E-state index in [0.29, 0.717) is 24.4 Å². The van der Waals surface area contributed by atoms with Gasteiger partial charge in [0.2, 0.25) is 11.8 Å². The van der Waals surface area contributed by atoms with Gasteiger partial charge in [-0.2, -0.15) is 0 Å². The molecule has 2 aliphatic rings. The standard InChI is InChI=1S/C19H17ClN2O2/c20-14-5-7-15(8-6-14)22-17(9-10-18(22)23)19(24)21-12-11-13-3-1-2-4-16(13)21/h1-8,17H,9-12H2. The van der Waals surface area contributed by atoms with Crippen LogP contribution in [0.2, 0.25) is 5.02 Å². The highest BCUT2D eigenvalue weighted by molar-refractivity contribution is 6.30. The number of para-hydroxylation sites is 1. The number of amides is 2. The van der Waals surface area contributed by atoms with Crippen molar-refractivity contribution in [2.24, 2.45) is 0 Å². The van der Waals surface area contributed by atoms with Crippen molar-refractivity contribution in [2.45, 2.75) is 25.3 Å². The van der Waals surface area contributed by atoms with Crippen LogP contribution in [0.25, 0.3) is 0 Å². The lowest BCUT2D eigenvalue weighted by molar-refractivity contribution is -0.122. The molecule has 1 atom stereocenters. The molecule has 0 saturated carbocycles. The van der Waals surface area contributed by atoms with Crippen LogP contribution in [0.15, 0.2) is 48.5 Å². The van der Waals surface area contributed by atoms with E-state index in [-0.39, 0.29) is 11.8 Å². The Morgan fingerprint density at radius 1 is 1.04 bits per heavy atom. The van der Waals surface area contributed by atoms with Gasteiger partial charge in [0.05, 0.1) is 0 Å². The highest BCUT2D eigenvalue weighted by Gasteiger charge is 2.40. The molecule has 0 radical (unpaired) electrons. The molecule has 2 aromatic carbocycles. The number of hydrogen-bond donors (Lipinski definition) is 0. The van der Waals surface area contributed by atoms with Crippen LogP contribution in [0.1, 0.15) is 18.4 Å². The fraction of sp³-hybridized carbons (Fsp3) is 0.263. The van der Waals surface area contributed by atoms with Crippen LogP contribution in [0.5, 0.6) is 0 Å². The minimum absolute atomic E-state index is 0.000694. The molecule has 1 unspecified atom stereocenters. The lowest BCUT2D eigenvalue weighted by atomic mass is 10.1. The smallest absolute Gasteiger partial charge is 0.250 e. The molecular formula is C19H17ClN2O2. The van der Waals surface area contributed by atoms with Crippen molar-refractivity contribution in [2.75, 3.05) is 16.3 Å². The topological polar surface area (TPSA) is 40.6 Å². The average molecular weight is 341 g/mol. The van der Waals surface area contributed by atoms with Gasteiger partial charge >= 0.3 is 0 Å². The van der Waals surface area contributed by atoms with Gasteiger partial charge in [-0.05, 0) is 48.7 Å². The first-order valence-electron chi connectivity index (χ1n) is 8.12. The Kier molecular flexibility index (Phi) is 3.77.